The highest BCUT2D eigenvalue weighted by Gasteiger charge is 2.47. The Morgan fingerprint density at radius 2 is 2.24 bits per heavy atom. The van der Waals surface area contributed by atoms with Crippen molar-refractivity contribution >= 4 is 16.9 Å². The largest absolute Gasteiger partial charge is 0.394 e. The van der Waals surface area contributed by atoms with Crippen LogP contribution in [0, 0.1) is 12.3 Å². The number of hydrogen-bond donors (Lipinski definition) is 4. The molecule has 4 N–H and O–H groups in total. The number of thioether (sulfide) groups is 1. The summed E-state index contributed by atoms with van der Waals surface area (Å²) in [6, 6.07) is -0.530. The summed E-state index contributed by atoms with van der Waals surface area (Å²) in [4.78, 5) is 4.20. The molecule has 94 valence electrons. The Morgan fingerprint density at radius 1 is 1.47 bits per heavy atom. The number of amidine groups is 1. The lowest BCUT2D eigenvalue weighted by molar-refractivity contribution is -0.164. The van der Waals surface area contributed by atoms with Gasteiger partial charge in [-0.25, -0.2) is 0 Å². The average Bonchev–Trinajstić information content (AvgIpc) is 2.74. The van der Waals surface area contributed by atoms with Crippen LogP contribution in [0.1, 0.15) is 0 Å². The maximum atomic E-state index is 9.86. The number of rotatable bonds is 2. The predicted octanol–water partition coefficient (Wildman–Crippen LogP) is -1.88. The van der Waals surface area contributed by atoms with Crippen LogP contribution in [0.4, 0.5) is 0 Å². The van der Waals surface area contributed by atoms with Crippen molar-refractivity contribution in [1.29, 1.82) is 0 Å². The van der Waals surface area contributed by atoms with Gasteiger partial charge in [-0.05, 0) is 0 Å². The number of aliphatic imine (C=N–C) groups is 1. The van der Waals surface area contributed by atoms with Crippen LogP contribution in [0.2, 0.25) is 0 Å². The van der Waals surface area contributed by atoms with E-state index in [0.29, 0.717) is 11.7 Å². The molecular formula is C10H14N2O4S. The Kier molecular flexibility index (Phi) is 3.91. The molecule has 1 saturated heterocycles. The second-order valence-electron chi connectivity index (χ2n) is 3.81. The summed E-state index contributed by atoms with van der Waals surface area (Å²) in [7, 11) is 0. The summed E-state index contributed by atoms with van der Waals surface area (Å²) in [5.74, 6) is 2.42. The minimum Gasteiger partial charge on any atom is -0.394 e. The summed E-state index contributed by atoms with van der Waals surface area (Å²) in [6.45, 7) is 0.00246. The molecule has 5 atom stereocenters. The zero-order chi connectivity index (χ0) is 12.4. The third-order valence-electron chi connectivity index (χ3n) is 2.68. The molecular weight excluding hydrogens is 244 g/mol. The first kappa shape index (κ1) is 12.7. The summed E-state index contributed by atoms with van der Waals surface area (Å²) in [5.41, 5.74) is -0.397. The molecule has 0 radical (unpaired) electrons. The smallest absolute Gasteiger partial charge is 0.160 e. The van der Waals surface area contributed by atoms with Crippen LogP contribution in [0.3, 0.4) is 0 Å². The molecule has 2 rings (SSSR count). The van der Waals surface area contributed by atoms with Crippen molar-refractivity contribution in [3.05, 3.63) is 0 Å². The molecule has 0 aliphatic carbocycles. The molecule has 2 aliphatic heterocycles. The number of aliphatic hydroxyl groups excluding tert-OH is 3. The Labute approximate surface area is 103 Å². The van der Waals surface area contributed by atoms with E-state index in [4.69, 9.17) is 16.3 Å². The second kappa shape index (κ2) is 5.25. The summed E-state index contributed by atoms with van der Waals surface area (Å²) >= 11 is 1.30. The van der Waals surface area contributed by atoms with Gasteiger partial charge in [0.05, 0.1) is 13.2 Å². The molecule has 0 amide bonds. The molecule has 0 aromatic rings. The monoisotopic (exact) mass is 258 g/mol. The highest BCUT2D eigenvalue weighted by atomic mass is 32.2. The third kappa shape index (κ3) is 2.41. The predicted molar refractivity (Wildman–Crippen MR) is 63.4 cm³/mol. The lowest BCUT2D eigenvalue weighted by atomic mass is 9.99. The fraction of sp³-hybridized carbons (Fsp3) is 0.700. The fourth-order valence-electron chi connectivity index (χ4n) is 1.79. The average molecular weight is 258 g/mol. The van der Waals surface area contributed by atoms with Crippen LogP contribution < -0.4 is 5.32 Å². The first-order chi connectivity index (χ1) is 8.17. The van der Waals surface area contributed by atoms with Crippen molar-refractivity contribution in [2.24, 2.45) is 4.99 Å². The quantitative estimate of drug-likeness (QED) is 0.433. The summed E-state index contributed by atoms with van der Waals surface area (Å²) in [6.07, 6.45) is 2.17. The Hall–Kier alpha value is -0.780. The first-order valence-corrected chi connectivity index (χ1v) is 6.09. The molecule has 0 bridgehead atoms. The second-order valence-corrected chi connectivity index (χ2v) is 4.89. The molecule has 6 nitrogen and oxygen atoms in total. The first-order valence-electron chi connectivity index (χ1n) is 5.21. The molecule has 0 aromatic heterocycles. The molecule has 7 heteroatoms. The molecule has 2 heterocycles. The Balaban J connectivity index is 2.04. The molecule has 2 aliphatic rings. The highest BCUT2D eigenvalue weighted by molar-refractivity contribution is 8.14. The third-order valence-corrected chi connectivity index (χ3v) is 3.78. The lowest BCUT2D eigenvalue weighted by Crippen LogP contribution is -2.55. The molecule has 0 unspecified atom stereocenters. The van der Waals surface area contributed by atoms with E-state index in [9.17, 15) is 10.2 Å². The van der Waals surface area contributed by atoms with Gasteiger partial charge in [0, 0.05) is 0 Å². The van der Waals surface area contributed by atoms with E-state index in [-0.39, 0.29) is 6.61 Å². The van der Waals surface area contributed by atoms with Crippen LogP contribution in [-0.4, -0.2) is 63.4 Å². The number of fused-ring (bicyclic) bond motifs is 1. The number of nitrogens with one attached hydrogen (secondary N) is 1. The number of terminal acetylenes is 1. The van der Waals surface area contributed by atoms with Crippen LogP contribution in [0.15, 0.2) is 4.99 Å². The Bertz CT molecular complexity index is 357. The van der Waals surface area contributed by atoms with E-state index >= 15 is 0 Å². The number of hydrogen-bond acceptors (Lipinski definition) is 7. The standard InChI is InChI=1S/C10H14N2O4S/c1-2-3-11-10-12-6-8(15)7(14)5(4-13)16-9(6)17-10/h1,5-9,13-15H,3-4H2,(H,11,12)/t5-,6-,7+,8-,9-/m1/s1. The summed E-state index contributed by atoms with van der Waals surface area (Å²) in [5, 5.41) is 32.0. The molecule has 1 fully saturated rings. The van der Waals surface area contributed by atoms with E-state index in [1.807, 2.05) is 0 Å². The number of ether oxygens (including phenoxy) is 1. The van der Waals surface area contributed by atoms with Crippen LogP contribution in [0.25, 0.3) is 0 Å². The van der Waals surface area contributed by atoms with Gasteiger partial charge in [-0.3, -0.25) is 4.99 Å². The number of aliphatic hydroxyl groups is 3. The van der Waals surface area contributed by atoms with Gasteiger partial charge in [0.15, 0.2) is 5.17 Å². The molecule has 17 heavy (non-hydrogen) atoms. The van der Waals surface area contributed by atoms with Gasteiger partial charge in [0.2, 0.25) is 0 Å². The minimum atomic E-state index is -1.13. The van der Waals surface area contributed by atoms with Crippen molar-refractivity contribution in [2.45, 2.75) is 29.8 Å². The zero-order valence-electron chi connectivity index (χ0n) is 8.98. The Morgan fingerprint density at radius 3 is 2.88 bits per heavy atom. The van der Waals surface area contributed by atoms with Crippen molar-refractivity contribution in [3.63, 3.8) is 0 Å². The SMILES string of the molecule is C#CCNC1=N[C@@H]2[C@@H](O)[C@@H](O)[C@@H](CO)O[C@@H]2S1. The maximum Gasteiger partial charge on any atom is 0.160 e. The molecule has 0 spiro atoms. The number of nitrogens with zero attached hydrogens (tertiary/aromatic N) is 1. The van der Waals surface area contributed by atoms with Crippen molar-refractivity contribution in [1.82, 2.24) is 5.32 Å². The van der Waals surface area contributed by atoms with Gasteiger partial charge in [0.25, 0.3) is 0 Å². The molecule has 0 saturated carbocycles. The van der Waals surface area contributed by atoms with Gasteiger partial charge in [0.1, 0.15) is 29.8 Å². The van der Waals surface area contributed by atoms with E-state index in [1.54, 1.807) is 0 Å². The zero-order valence-corrected chi connectivity index (χ0v) is 9.80. The van der Waals surface area contributed by atoms with Crippen LogP contribution in [-0.2, 0) is 4.74 Å². The van der Waals surface area contributed by atoms with Crippen molar-refractivity contribution in [3.8, 4) is 12.3 Å². The van der Waals surface area contributed by atoms with Crippen molar-refractivity contribution in [2.75, 3.05) is 13.2 Å². The van der Waals surface area contributed by atoms with Crippen LogP contribution >= 0.6 is 11.8 Å². The lowest BCUT2D eigenvalue weighted by Gasteiger charge is -2.37. The summed E-state index contributed by atoms with van der Waals surface area (Å²) < 4.78 is 5.45. The highest BCUT2D eigenvalue weighted by Crippen LogP contribution is 2.35. The van der Waals surface area contributed by atoms with Gasteiger partial charge in [-0.2, -0.15) is 0 Å². The maximum absolute atomic E-state index is 9.86. The molecule has 0 aromatic carbocycles. The van der Waals surface area contributed by atoms with Gasteiger partial charge in [-0.1, -0.05) is 17.7 Å². The van der Waals surface area contributed by atoms with Crippen molar-refractivity contribution < 1.29 is 20.1 Å². The van der Waals surface area contributed by atoms with Crippen LogP contribution in [0.5, 0.6) is 0 Å². The fourth-order valence-corrected chi connectivity index (χ4v) is 2.91. The van der Waals surface area contributed by atoms with E-state index < -0.39 is 29.8 Å². The van der Waals surface area contributed by atoms with E-state index in [0.717, 1.165) is 0 Å². The van der Waals surface area contributed by atoms with E-state index in [1.165, 1.54) is 11.8 Å². The van der Waals surface area contributed by atoms with E-state index in [2.05, 4.69) is 16.2 Å². The van der Waals surface area contributed by atoms with Gasteiger partial charge < -0.3 is 25.4 Å². The minimum absolute atomic E-state index is 0.338. The topological polar surface area (TPSA) is 94.3 Å². The van der Waals surface area contributed by atoms with Gasteiger partial charge >= 0.3 is 0 Å². The van der Waals surface area contributed by atoms with Gasteiger partial charge in [-0.15, -0.1) is 6.42 Å². The normalized spacial score (nSPS) is 40.4.